The van der Waals surface area contributed by atoms with E-state index in [2.05, 4.69) is 4.72 Å². The smallest absolute Gasteiger partial charge is 0.269 e. The summed E-state index contributed by atoms with van der Waals surface area (Å²) in [5, 5.41) is 0. The average molecular weight is 229 g/mol. The Hall–Kier alpha value is -1.07. The van der Waals surface area contributed by atoms with Gasteiger partial charge in [0.1, 0.15) is 0 Å². The molecule has 15 heavy (non-hydrogen) atoms. The van der Waals surface area contributed by atoms with Gasteiger partial charge in [-0.3, -0.25) is 9.27 Å². The van der Waals surface area contributed by atoms with Gasteiger partial charge in [0.25, 0.3) is 0 Å². The van der Waals surface area contributed by atoms with Crippen LogP contribution < -0.4 is 4.72 Å². The second-order valence-electron chi connectivity index (χ2n) is 3.24. The van der Waals surface area contributed by atoms with Crippen molar-refractivity contribution in [2.75, 3.05) is 4.72 Å². The highest BCUT2D eigenvalue weighted by atomic mass is 32.2. The summed E-state index contributed by atoms with van der Waals surface area (Å²) in [5.41, 5.74) is 2.27. The van der Waals surface area contributed by atoms with Gasteiger partial charge in [-0.05, 0) is 24.0 Å². The highest BCUT2D eigenvalue weighted by molar-refractivity contribution is 7.87. The van der Waals surface area contributed by atoms with E-state index >= 15 is 0 Å². The third kappa shape index (κ3) is 3.21. The fourth-order valence-corrected chi connectivity index (χ4v) is 2.02. The largest absolute Gasteiger partial charge is 0.357 e. The summed E-state index contributed by atoms with van der Waals surface area (Å²) < 4.78 is 32.5. The Morgan fingerprint density at radius 2 is 1.67 bits per heavy atom. The third-order valence-electron chi connectivity index (χ3n) is 2.23. The number of hydrogen-bond donors (Lipinski definition) is 2. The zero-order valence-electron chi connectivity index (χ0n) is 8.82. The van der Waals surface area contributed by atoms with Crippen LogP contribution in [0.4, 0.5) is 5.69 Å². The van der Waals surface area contributed by atoms with Crippen molar-refractivity contribution in [2.45, 2.75) is 26.7 Å². The number of nitrogens with one attached hydrogen (secondary N) is 1. The molecule has 0 spiro atoms. The molecule has 0 aliphatic rings. The maximum absolute atomic E-state index is 10.8. The summed E-state index contributed by atoms with van der Waals surface area (Å²) in [6, 6.07) is 5.56. The highest BCUT2D eigenvalue weighted by Crippen LogP contribution is 2.23. The van der Waals surface area contributed by atoms with Crippen molar-refractivity contribution in [1.82, 2.24) is 0 Å². The summed E-state index contributed by atoms with van der Waals surface area (Å²) in [4.78, 5) is 0. The van der Waals surface area contributed by atoms with Gasteiger partial charge >= 0.3 is 10.3 Å². The maximum Gasteiger partial charge on any atom is 0.357 e. The van der Waals surface area contributed by atoms with Gasteiger partial charge in [-0.25, -0.2) is 0 Å². The van der Waals surface area contributed by atoms with Crippen molar-refractivity contribution >= 4 is 16.0 Å². The van der Waals surface area contributed by atoms with Crippen LogP contribution in [0, 0.1) is 0 Å². The summed E-state index contributed by atoms with van der Waals surface area (Å²) in [6.45, 7) is 3.87. The van der Waals surface area contributed by atoms with Crippen molar-refractivity contribution in [2.24, 2.45) is 0 Å². The molecular weight excluding hydrogens is 214 g/mol. The lowest BCUT2D eigenvalue weighted by molar-refractivity contribution is 0.489. The molecule has 1 rings (SSSR count). The van der Waals surface area contributed by atoms with Crippen LogP contribution in [0.15, 0.2) is 18.2 Å². The quantitative estimate of drug-likeness (QED) is 0.776. The van der Waals surface area contributed by atoms with Crippen molar-refractivity contribution in [1.29, 1.82) is 0 Å². The zero-order chi connectivity index (χ0) is 11.5. The molecule has 0 aliphatic carbocycles. The van der Waals surface area contributed by atoms with Crippen molar-refractivity contribution < 1.29 is 13.0 Å². The van der Waals surface area contributed by atoms with E-state index in [1.54, 1.807) is 0 Å². The number of para-hydroxylation sites is 1. The number of rotatable bonds is 4. The van der Waals surface area contributed by atoms with E-state index in [1.807, 2.05) is 32.0 Å². The molecule has 0 unspecified atom stereocenters. The fourth-order valence-electron chi connectivity index (χ4n) is 1.50. The Morgan fingerprint density at radius 3 is 2.00 bits per heavy atom. The molecule has 0 aliphatic heterocycles. The summed E-state index contributed by atoms with van der Waals surface area (Å²) >= 11 is 0. The molecule has 0 heterocycles. The second kappa shape index (κ2) is 4.63. The van der Waals surface area contributed by atoms with E-state index in [4.69, 9.17) is 4.55 Å². The van der Waals surface area contributed by atoms with Crippen LogP contribution in [-0.2, 0) is 23.1 Å². The normalized spacial score (nSPS) is 11.4. The van der Waals surface area contributed by atoms with Crippen LogP contribution >= 0.6 is 0 Å². The number of aryl methyl sites for hydroxylation is 2. The van der Waals surface area contributed by atoms with Crippen molar-refractivity contribution in [3.05, 3.63) is 29.3 Å². The molecule has 0 fully saturated rings. The Bertz CT molecular complexity index is 418. The monoisotopic (exact) mass is 229 g/mol. The molecule has 2 N–H and O–H groups in total. The van der Waals surface area contributed by atoms with Crippen LogP contribution in [0.3, 0.4) is 0 Å². The first-order valence-electron chi connectivity index (χ1n) is 4.84. The SMILES string of the molecule is CCc1cccc(CC)c1NS(=O)(=O)O. The Morgan fingerprint density at radius 1 is 1.20 bits per heavy atom. The predicted octanol–water partition coefficient (Wildman–Crippen LogP) is 2.03. The molecule has 1 aromatic rings. The van der Waals surface area contributed by atoms with Crippen LogP contribution in [0.2, 0.25) is 0 Å². The van der Waals surface area contributed by atoms with Gasteiger partial charge in [0.15, 0.2) is 0 Å². The minimum Gasteiger partial charge on any atom is -0.269 e. The lowest BCUT2D eigenvalue weighted by Crippen LogP contribution is -2.13. The molecule has 4 nitrogen and oxygen atoms in total. The van der Waals surface area contributed by atoms with Gasteiger partial charge in [-0.15, -0.1) is 0 Å². The first-order chi connectivity index (χ1) is 6.98. The van der Waals surface area contributed by atoms with Crippen molar-refractivity contribution in [3.63, 3.8) is 0 Å². The van der Waals surface area contributed by atoms with Crippen LogP contribution in [0.25, 0.3) is 0 Å². The standard InChI is InChI=1S/C10H15NO3S/c1-3-8-6-5-7-9(4-2)10(8)11-15(12,13)14/h5-7,11H,3-4H2,1-2H3,(H,12,13,14). The van der Waals surface area contributed by atoms with Gasteiger partial charge in [0, 0.05) is 0 Å². The molecule has 1 aromatic carbocycles. The fraction of sp³-hybridized carbons (Fsp3) is 0.400. The Kier molecular flexibility index (Phi) is 3.71. The molecule has 0 radical (unpaired) electrons. The molecule has 0 saturated heterocycles. The minimum atomic E-state index is -4.19. The summed E-state index contributed by atoms with van der Waals surface area (Å²) in [5.74, 6) is 0. The number of hydrogen-bond acceptors (Lipinski definition) is 2. The third-order valence-corrected chi connectivity index (χ3v) is 2.69. The van der Waals surface area contributed by atoms with Gasteiger partial charge in [0.05, 0.1) is 5.69 Å². The minimum absolute atomic E-state index is 0.505. The van der Waals surface area contributed by atoms with Crippen LogP contribution in [0.1, 0.15) is 25.0 Å². The maximum atomic E-state index is 10.8. The number of anilines is 1. The van der Waals surface area contributed by atoms with Gasteiger partial charge in [-0.1, -0.05) is 32.0 Å². The lowest BCUT2D eigenvalue weighted by Gasteiger charge is -2.12. The second-order valence-corrected chi connectivity index (χ2v) is 4.39. The van der Waals surface area contributed by atoms with Gasteiger partial charge < -0.3 is 0 Å². The average Bonchev–Trinajstić information content (AvgIpc) is 2.16. The summed E-state index contributed by atoms with van der Waals surface area (Å²) in [7, 11) is -4.19. The topological polar surface area (TPSA) is 66.4 Å². The lowest BCUT2D eigenvalue weighted by atomic mass is 10.0. The van der Waals surface area contributed by atoms with E-state index in [-0.39, 0.29) is 0 Å². The Balaban J connectivity index is 3.22. The van der Waals surface area contributed by atoms with Gasteiger partial charge in [-0.2, -0.15) is 8.42 Å². The molecule has 0 atom stereocenters. The van der Waals surface area contributed by atoms with Gasteiger partial charge in [0.2, 0.25) is 0 Å². The van der Waals surface area contributed by atoms with Crippen molar-refractivity contribution in [3.8, 4) is 0 Å². The van der Waals surface area contributed by atoms with E-state index in [9.17, 15) is 8.42 Å². The van der Waals surface area contributed by atoms with E-state index in [0.29, 0.717) is 18.5 Å². The van der Waals surface area contributed by atoms with Crippen LogP contribution in [0.5, 0.6) is 0 Å². The molecular formula is C10H15NO3S. The molecule has 0 amide bonds. The first kappa shape index (κ1) is 12.0. The van der Waals surface area contributed by atoms with E-state index in [0.717, 1.165) is 11.1 Å². The predicted molar refractivity (Wildman–Crippen MR) is 60.4 cm³/mol. The Labute approximate surface area is 90.2 Å². The zero-order valence-corrected chi connectivity index (χ0v) is 9.63. The molecule has 0 bridgehead atoms. The van der Waals surface area contributed by atoms with Crippen LogP contribution in [-0.4, -0.2) is 13.0 Å². The van der Waals surface area contributed by atoms with E-state index in [1.165, 1.54) is 0 Å². The molecule has 0 aromatic heterocycles. The highest BCUT2D eigenvalue weighted by Gasteiger charge is 2.11. The number of benzene rings is 1. The molecule has 84 valence electrons. The summed E-state index contributed by atoms with van der Waals surface area (Å²) in [6.07, 6.45) is 1.43. The van der Waals surface area contributed by atoms with E-state index < -0.39 is 10.3 Å². The molecule has 5 heteroatoms. The molecule has 0 saturated carbocycles. The first-order valence-corrected chi connectivity index (χ1v) is 6.28.